The second-order valence-corrected chi connectivity index (χ2v) is 5.14. The minimum atomic E-state index is -2.74. The van der Waals surface area contributed by atoms with Gasteiger partial charge >= 0.3 is 5.97 Å². The fourth-order valence-electron chi connectivity index (χ4n) is 2.12. The number of halogens is 3. The summed E-state index contributed by atoms with van der Waals surface area (Å²) in [5.74, 6) is 0.656. The van der Waals surface area contributed by atoms with Crippen LogP contribution in [0.1, 0.15) is 12.8 Å². The lowest BCUT2D eigenvalue weighted by Crippen LogP contribution is -2.40. The number of alkyl halides is 2. The van der Waals surface area contributed by atoms with Crippen LogP contribution < -0.4 is 21.5 Å². The predicted molar refractivity (Wildman–Crippen MR) is 77.2 cm³/mol. The summed E-state index contributed by atoms with van der Waals surface area (Å²) in [6, 6.07) is 1.03. The number of nitrogens with zero attached hydrogens (tertiary/aromatic N) is 3. The number of carboxylic acids is 1. The third-order valence-electron chi connectivity index (χ3n) is 3.43. The first kappa shape index (κ1) is 16.9. The molecule has 1 aromatic rings. The third kappa shape index (κ3) is 4.03. The summed E-state index contributed by atoms with van der Waals surface area (Å²) in [6.45, 7) is -0.0110. The topological polar surface area (TPSA) is 109 Å². The molecule has 2 rings (SSSR count). The van der Waals surface area contributed by atoms with Gasteiger partial charge in [-0.15, -0.1) is 0 Å². The minimum Gasteiger partial charge on any atom is -0.477 e. The maximum absolute atomic E-state index is 14.1. The molecule has 1 aliphatic rings. The van der Waals surface area contributed by atoms with Crippen LogP contribution in [-0.4, -0.2) is 35.1 Å². The van der Waals surface area contributed by atoms with Crippen LogP contribution in [0.15, 0.2) is 24.2 Å². The molecule has 0 aliphatic carbocycles. The number of anilines is 2. The number of hydrazine groups is 1. The lowest BCUT2D eigenvalue weighted by molar-refractivity contribution is -0.132. The van der Waals surface area contributed by atoms with Gasteiger partial charge < -0.3 is 15.7 Å². The van der Waals surface area contributed by atoms with Gasteiger partial charge in [-0.25, -0.2) is 28.8 Å². The largest absolute Gasteiger partial charge is 0.477 e. The molecular formula is C13H16F3N5O2. The fraction of sp³-hybridized carbons (Fsp3) is 0.385. The molecule has 1 aliphatic heterocycles. The highest BCUT2D eigenvalue weighted by molar-refractivity contribution is 5.85. The van der Waals surface area contributed by atoms with E-state index in [1.165, 1.54) is 11.1 Å². The van der Waals surface area contributed by atoms with E-state index in [2.05, 4.69) is 4.98 Å². The summed E-state index contributed by atoms with van der Waals surface area (Å²) in [5, 5.41) is 9.47. The van der Waals surface area contributed by atoms with Crippen LogP contribution in [0, 0.1) is 5.82 Å². The Bertz CT molecular complexity index is 628. The quantitative estimate of drug-likeness (QED) is 0.429. The molecule has 0 bridgehead atoms. The van der Waals surface area contributed by atoms with Crippen molar-refractivity contribution >= 4 is 17.5 Å². The van der Waals surface area contributed by atoms with Gasteiger partial charge in [0.1, 0.15) is 5.70 Å². The van der Waals surface area contributed by atoms with Gasteiger partial charge in [-0.2, -0.15) is 0 Å². The van der Waals surface area contributed by atoms with Crippen molar-refractivity contribution in [3.05, 3.63) is 30.0 Å². The normalized spacial score (nSPS) is 17.9. The summed E-state index contributed by atoms with van der Waals surface area (Å²) in [4.78, 5) is 15.9. The van der Waals surface area contributed by atoms with Gasteiger partial charge in [0.15, 0.2) is 11.6 Å². The van der Waals surface area contributed by atoms with Crippen LogP contribution in [0.2, 0.25) is 0 Å². The molecule has 7 nitrogen and oxygen atoms in total. The van der Waals surface area contributed by atoms with Gasteiger partial charge in [-0.05, 0) is 0 Å². The minimum absolute atomic E-state index is 0.00549. The summed E-state index contributed by atoms with van der Waals surface area (Å²) in [7, 11) is 0. The monoisotopic (exact) mass is 331 g/mol. The Balaban J connectivity index is 2.15. The van der Waals surface area contributed by atoms with Crippen LogP contribution in [-0.2, 0) is 4.79 Å². The summed E-state index contributed by atoms with van der Waals surface area (Å²) in [5.41, 5.74) is 4.75. The number of carboxylic acid groups (broad SMARTS) is 1. The van der Waals surface area contributed by atoms with E-state index in [9.17, 15) is 18.0 Å². The van der Waals surface area contributed by atoms with E-state index in [0.29, 0.717) is 0 Å². The number of aromatic nitrogens is 1. The highest BCUT2D eigenvalue weighted by atomic mass is 19.3. The Hall–Kier alpha value is -2.49. The number of piperidine rings is 1. The molecular weight excluding hydrogens is 315 g/mol. The SMILES string of the molecule is N/C(=C\N(N)c1cnc(N2CCC(F)(F)CC2)c(F)c1)C(=O)O. The lowest BCUT2D eigenvalue weighted by atomic mass is 10.1. The lowest BCUT2D eigenvalue weighted by Gasteiger charge is -2.32. The van der Waals surface area contributed by atoms with E-state index in [1.54, 1.807) is 0 Å². The maximum Gasteiger partial charge on any atom is 0.353 e. The summed E-state index contributed by atoms with van der Waals surface area (Å²) < 4.78 is 40.4. The Morgan fingerprint density at radius 1 is 1.43 bits per heavy atom. The van der Waals surface area contributed by atoms with Crippen molar-refractivity contribution in [2.45, 2.75) is 18.8 Å². The molecule has 0 saturated carbocycles. The zero-order valence-corrected chi connectivity index (χ0v) is 12.0. The Kier molecular flexibility index (Phi) is 4.64. The summed E-state index contributed by atoms with van der Waals surface area (Å²) in [6.07, 6.45) is 1.38. The first-order valence-electron chi connectivity index (χ1n) is 6.72. The Labute approximate surface area is 129 Å². The maximum atomic E-state index is 14.1. The molecule has 126 valence electrons. The van der Waals surface area contributed by atoms with E-state index in [4.69, 9.17) is 16.7 Å². The molecule has 0 radical (unpaired) electrons. The smallest absolute Gasteiger partial charge is 0.353 e. The van der Waals surface area contributed by atoms with Crippen LogP contribution in [0.5, 0.6) is 0 Å². The molecule has 0 unspecified atom stereocenters. The number of pyridine rings is 1. The van der Waals surface area contributed by atoms with Crippen molar-refractivity contribution in [2.75, 3.05) is 23.0 Å². The predicted octanol–water partition coefficient (Wildman–Crippen LogP) is 1.02. The second-order valence-electron chi connectivity index (χ2n) is 5.14. The van der Waals surface area contributed by atoms with E-state index in [1.807, 2.05) is 0 Å². The fourth-order valence-corrected chi connectivity index (χ4v) is 2.12. The molecule has 2 heterocycles. The standard InChI is InChI=1S/C13H16F3N5O2/c14-9-5-8(21(18)7-10(17)12(22)23)6-19-11(9)20-3-1-13(15,16)2-4-20/h5-7H,1-4,17-18H2,(H,22,23)/b10-7-. The number of nitrogens with two attached hydrogens (primary N) is 2. The molecule has 0 aromatic carbocycles. The van der Waals surface area contributed by atoms with Gasteiger partial charge in [0.25, 0.3) is 5.92 Å². The van der Waals surface area contributed by atoms with Crippen molar-refractivity contribution < 1.29 is 23.1 Å². The average Bonchev–Trinajstić information content (AvgIpc) is 2.47. The van der Waals surface area contributed by atoms with E-state index in [0.717, 1.165) is 17.3 Å². The van der Waals surface area contributed by atoms with Crippen LogP contribution in [0.4, 0.5) is 24.7 Å². The number of rotatable bonds is 4. The van der Waals surface area contributed by atoms with Gasteiger partial charge in [0.05, 0.1) is 18.1 Å². The number of carbonyl (C=O) groups is 1. The zero-order valence-electron chi connectivity index (χ0n) is 12.0. The molecule has 0 atom stereocenters. The van der Waals surface area contributed by atoms with Crippen molar-refractivity contribution in [1.29, 1.82) is 0 Å². The number of aliphatic carboxylic acids is 1. The van der Waals surface area contributed by atoms with Crippen molar-refractivity contribution in [3.63, 3.8) is 0 Å². The number of hydrogen-bond acceptors (Lipinski definition) is 6. The first-order valence-corrected chi connectivity index (χ1v) is 6.72. The van der Waals surface area contributed by atoms with Crippen molar-refractivity contribution in [2.24, 2.45) is 11.6 Å². The zero-order chi connectivity index (χ0) is 17.2. The molecule has 0 spiro atoms. The second kappa shape index (κ2) is 6.32. The third-order valence-corrected chi connectivity index (χ3v) is 3.43. The molecule has 5 N–H and O–H groups in total. The Morgan fingerprint density at radius 3 is 2.57 bits per heavy atom. The highest BCUT2D eigenvalue weighted by Gasteiger charge is 2.35. The van der Waals surface area contributed by atoms with E-state index < -0.39 is 23.4 Å². The van der Waals surface area contributed by atoms with Crippen LogP contribution in [0.25, 0.3) is 0 Å². The van der Waals surface area contributed by atoms with Gasteiger partial charge in [0.2, 0.25) is 0 Å². The summed E-state index contributed by atoms with van der Waals surface area (Å²) >= 11 is 0. The van der Waals surface area contributed by atoms with Gasteiger partial charge in [-0.3, -0.25) is 5.01 Å². The van der Waals surface area contributed by atoms with Crippen molar-refractivity contribution in [1.82, 2.24) is 4.98 Å². The molecule has 10 heteroatoms. The van der Waals surface area contributed by atoms with E-state index >= 15 is 0 Å². The molecule has 1 aromatic heterocycles. The molecule has 1 fully saturated rings. The molecule has 23 heavy (non-hydrogen) atoms. The van der Waals surface area contributed by atoms with Crippen LogP contribution in [0.3, 0.4) is 0 Å². The average molecular weight is 331 g/mol. The van der Waals surface area contributed by atoms with E-state index in [-0.39, 0.29) is 37.4 Å². The number of hydrogen-bond donors (Lipinski definition) is 3. The van der Waals surface area contributed by atoms with Crippen molar-refractivity contribution in [3.8, 4) is 0 Å². The highest BCUT2D eigenvalue weighted by Crippen LogP contribution is 2.31. The first-order chi connectivity index (χ1) is 10.7. The molecule has 0 amide bonds. The Morgan fingerprint density at radius 2 is 2.04 bits per heavy atom. The van der Waals surface area contributed by atoms with Gasteiger partial charge in [-0.1, -0.05) is 0 Å². The molecule has 1 saturated heterocycles. The van der Waals surface area contributed by atoms with Crippen LogP contribution >= 0.6 is 0 Å². The van der Waals surface area contributed by atoms with Gasteiger partial charge in [0, 0.05) is 32.0 Å².